The fraction of sp³-hybridized carbons (Fsp3) is 0.429. The van der Waals surface area contributed by atoms with E-state index in [0.717, 1.165) is 35.4 Å². The van der Waals surface area contributed by atoms with Crippen LogP contribution in [0.25, 0.3) is 0 Å². The first-order chi connectivity index (χ1) is 12.4. The van der Waals surface area contributed by atoms with Gasteiger partial charge in [-0.2, -0.15) is 0 Å². The van der Waals surface area contributed by atoms with Gasteiger partial charge in [-0.1, -0.05) is 12.1 Å². The van der Waals surface area contributed by atoms with E-state index in [-0.39, 0.29) is 18.0 Å². The van der Waals surface area contributed by atoms with Crippen LogP contribution in [0.15, 0.2) is 29.1 Å². The number of aryl methyl sites for hydroxylation is 4. The van der Waals surface area contributed by atoms with Gasteiger partial charge < -0.3 is 15.0 Å². The fourth-order valence-corrected chi connectivity index (χ4v) is 2.81. The van der Waals surface area contributed by atoms with E-state index >= 15 is 0 Å². The Labute approximate surface area is 154 Å². The molecule has 2 rings (SSSR count). The number of amides is 1. The lowest BCUT2D eigenvalue weighted by atomic mass is 10.1. The van der Waals surface area contributed by atoms with E-state index < -0.39 is 0 Å². The van der Waals surface area contributed by atoms with Crippen molar-refractivity contribution in [3.8, 4) is 5.75 Å². The van der Waals surface area contributed by atoms with Gasteiger partial charge in [0.05, 0.1) is 6.61 Å². The molecule has 0 fully saturated rings. The molecule has 0 atom stereocenters. The first kappa shape index (κ1) is 19.8. The van der Waals surface area contributed by atoms with E-state index in [9.17, 15) is 9.59 Å². The second-order valence-corrected chi connectivity index (χ2v) is 6.79. The topological polar surface area (TPSA) is 71.2 Å². The van der Waals surface area contributed by atoms with Gasteiger partial charge in [0.25, 0.3) is 5.56 Å². The molecule has 26 heavy (non-hydrogen) atoms. The number of aromatic nitrogens is 1. The fourth-order valence-electron chi connectivity index (χ4n) is 2.81. The molecule has 1 heterocycles. The SMILES string of the molecule is Cc1ccc(C)c(OCCCCC(=O)NCc2c(C)cc(C)[nH]c2=O)c1. The maximum absolute atomic E-state index is 12.0. The van der Waals surface area contributed by atoms with Crippen molar-refractivity contribution >= 4 is 5.91 Å². The molecule has 2 N–H and O–H groups in total. The quantitative estimate of drug-likeness (QED) is 0.712. The standard InChI is InChI=1S/C21H28N2O3/c1-14-8-9-15(2)19(11-14)26-10-6-5-7-20(24)22-13-18-16(3)12-17(4)23-21(18)25/h8-9,11-12H,5-7,10,13H2,1-4H3,(H,22,24)(H,23,25). The average molecular weight is 356 g/mol. The van der Waals surface area contributed by atoms with Gasteiger partial charge in [-0.25, -0.2) is 0 Å². The number of rotatable bonds is 8. The zero-order valence-electron chi connectivity index (χ0n) is 16.1. The van der Waals surface area contributed by atoms with E-state index in [1.54, 1.807) is 0 Å². The number of unbranched alkanes of at least 4 members (excludes halogenated alkanes) is 1. The van der Waals surface area contributed by atoms with Gasteiger partial charge in [0.1, 0.15) is 5.75 Å². The zero-order chi connectivity index (χ0) is 19.1. The molecule has 5 heteroatoms. The van der Waals surface area contributed by atoms with Crippen molar-refractivity contribution in [2.45, 2.75) is 53.5 Å². The van der Waals surface area contributed by atoms with E-state index in [0.29, 0.717) is 18.6 Å². The molecule has 0 unspecified atom stereocenters. The van der Waals surface area contributed by atoms with Crippen molar-refractivity contribution in [3.63, 3.8) is 0 Å². The molecule has 0 aliphatic carbocycles. The van der Waals surface area contributed by atoms with Crippen LogP contribution in [0, 0.1) is 27.7 Å². The first-order valence-corrected chi connectivity index (χ1v) is 9.03. The number of hydrogen-bond donors (Lipinski definition) is 2. The third kappa shape index (κ3) is 5.76. The molecule has 0 aliphatic rings. The van der Waals surface area contributed by atoms with Crippen LogP contribution in [0.1, 0.15) is 47.2 Å². The molecule has 1 aromatic carbocycles. The molecule has 0 spiro atoms. The summed E-state index contributed by atoms with van der Waals surface area (Å²) in [7, 11) is 0. The summed E-state index contributed by atoms with van der Waals surface area (Å²) in [5.41, 5.74) is 4.49. The number of H-pyrrole nitrogens is 1. The van der Waals surface area contributed by atoms with Gasteiger partial charge in [-0.15, -0.1) is 0 Å². The molecule has 0 saturated carbocycles. The molecule has 5 nitrogen and oxygen atoms in total. The number of carbonyl (C=O) groups excluding carboxylic acids is 1. The minimum Gasteiger partial charge on any atom is -0.493 e. The van der Waals surface area contributed by atoms with Crippen LogP contribution in [0.4, 0.5) is 0 Å². The Bertz CT molecular complexity index is 824. The third-order valence-electron chi connectivity index (χ3n) is 4.36. The highest BCUT2D eigenvalue weighted by Crippen LogP contribution is 2.19. The Kier molecular flexibility index (Phi) is 7.01. The summed E-state index contributed by atoms with van der Waals surface area (Å²) in [6.07, 6.45) is 1.99. The summed E-state index contributed by atoms with van der Waals surface area (Å²) in [6.45, 7) is 8.65. The number of benzene rings is 1. The van der Waals surface area contributed by atoms with E-state index in [1.165, 1.54) is 5.56 Å². The monoisotopic (exact) mass is 356 g/mol. The molecule has 0 saturated heterocycles. The highest BCUT2D eigenvalue weighted by Gasteiger charge is 2.08. The highest BCUT2D eigenvalue weighted by molar-refractivity contribution is 5.75. The van der Waals surface area contributed by atoms with Crippen molar-refractivity contribution in [2.75, 3.05) is 6.61 Å². The van der Waals surface area contributed by atoms with Crippen molar-refractivity contribution in [1.82, 2.24) is 10.3 Å². The Hall–Kier alpha value is -2.56. The minimum atomic E-state index is -0.135. The largest absolute Gasteiger partial charge is 0.493 e. The Morgan fingerprint density at radius 3 is 2.58 bits per heavy atom. The summed E-state index contributed by atoms with van der Waals surface area (Å²) in [5.74, 6) is 0.861. The number of hydrogen-bond acceptors (Lipinski definition) is 3. The predicted octanol–water partition coefficient (Wildman–Crippen LogP) is 3.47. The van der Waals surface area contributed by atoms with Crippen LogP contribution >= 0.6 is 0 Å². The van der Waals surface area contributed by atoms with Crippen LogP contribution in [-0.2, 0) is 11.3 Å². The van der Waals surface area contributed by atoms with Gasteiger partial charge in [0.2, 0.25) is 5.91 Å². The van der Waals surface area contributed by atoms with Crippen molar-refractivity contribution in [3.05, 3.63) is 62.6 Å². The maximum atomic E-state index is 12.0. The summed E-state index contributed by atoms with van der Waals surface area (Å²) < 4.78 is 5.79. The maximum Gasteiger partial charge on any atom is 0.253 e. The lowest BCUT2D eigenvalue weighted by Gasteiger charge is -2.10. The molecule has 0 aliphatic heterocycles. The highest BCUT2D eigenvalue weighted by atomic mass is 16.5. The Morgan fingerprint density at radius 2 is 1.85 bits per heavy atom. The van der Waals surface area contributed by atoms with Gasteiger partial charge in [-0.3, -0.25) is 9.59 Å². The second kappa shape index (κ2) is 9.22. The lowest BCUT2D eigenvalue weighted by molar-refractivity contribution is -0.121. The molecule has 0 bridgehead atoms. The van der Waals surface area contributed by atoms with E-state index in [4.69, 9.17) is 4.74 Å². The van der Waals surface area contributed by atoms with E-state index in [2.05, 4.69) is 16.4 Å². The normalized spacial score (nSPS) is 10.6. The molecular formula is C21H28N2O3. The molecule has 0 radical (unpaired) electrons. The number of pyridine rings is 1. The van der Waals surface area contributed by atoms with Gasteiger partial charge >= 0.3 is 0 Å². The predicted molar refractivity (Wildman–Crippen MR) is 104 cm³/mol. The number of carbonyl (C=O) groups is 1. The first-order valence-electron chi connectivity index (χ1n) is 9.03. The minimum absolute atomic E-state index is 0.0453. The van der Waals surface area contributed by atoms with Crippen LogP contribution in [0.2, 0.25) is 0 Å². The zero-order valence-corrected chi connectivity index (χ0v) is 16.1. The lowest BCUT2D eigenvalue weighted by Crippen LogP contribution is -2.27. The summed E-state index contributed by atoms with van der Waals surface area (Å²) in [4.78, 5) is 26.7. The van der Waals surface area contributed by atoms with Crippen LogP contribution in [-0.4, -0.2) is 17.5 Å². The number of aromatic amines is 1. The third-order valence-corrected chi connectivity index (χ3v) is 4.36. The number of ether oxygens (including phenoxy) is 1. The Balaban J connectivity index is 1.70. The molecule has 1 aromatic heterocycles. The van der Waals surface area contributed by atoms with Crippen LogP contribution in [0.5, 0.6) is 5.75 Å². The molecule has 2 aromatic rings. The van der Waals surface area contributed by atoms with Gasteiger partial charge in [-0.05, 0) is 69.4 Å². The number of nitrogens with one attached hydrogen (secondary N) is 2. The molecule has 140 valence electrons. The molecule has 1 amide bonds. The van der Waals surface area contributed by atoms with Gasteiger partial charge in [0, 0.05) is 24.2 Å². The average Bonchev–Trinajstić information content (AvgIpc) is 2.56. The van der Waals surface area contributed by atoms with Crippen molar-refractivity contribution in [2.24, 2.45) is 0 Å². The van der Waals surface area contributed by atoms with Crippen LogP contribution < -0.4 is 15.6 Å². The smallest absolute Gasteiger partial charge is 0.253 e. The second-order valence-electron chi connectivity index (χ2n) is 6.79. The summed E-state index contributed by atoms with van der Waals surface area (Å²) >= 11 is 0. The van der Waals surface area contributed by atoms with Crippen LogP contribution in [0.3, 0.4) is 0 Å². The summed E-state index contributed by atoms with van der Waals surface area (Å²) in [5, 5.41) is 2.83. The molecular weight excluding hydrogens is 328 g/mol. The van der Waals surface area contributed by atoms with E-state index in [1.807, 2.05) is 45.9 Å². The van der Waals surface area contributed by atoms with Gasteiger partial charge in [0.15, 0.2) is 0 Å². The van der Waals surface area contributed by atoms with Crippen molar-refractivity contribution in [1.29, 1.82) is 0 Å². The Morgan fingerprint density at radius 1 is 1.08 bits per heavy atom. The van der Waals surface area contributed by atoms with Crippen molar-refractivity contribution < 1.29 is 9.53 Å². The summed E-state index contributed by atoms with van der Waals surface area (Å²) in [6, 6.07) is 8.05.